The summed E-state index contributed by atoms with van der Waals surface area (Å²) in [4.78, 5) is 12.4. The third kappa shape index (κ3) is 4.46. The van der Waals surface area contributed by atoms with Crippen molar-refractivity contribution in [3.8, 4) is 5.75 Å². The lowest BCUT2D eigenvalue weighted by Gasteiger charge is -2.31. The van der Waals surface area contributed by atoms with Gasteiger partial charge < -0.3 is 14.8 Å². The highest BCUT2D eigenvalue weighted by atomic mass is 32.2. The van der Waals surface area contributed by atoms with Gasteiger partial charge in [-0.2, -0.15) is 4.31 Å². The molecule has 7 nitrogen and oxygen atoms in total. The first kappa shape index (κ1) is 18.7. The summed E-state index contributed by atoms with van der Waals surface area (Å²) in [5, 5.41) is 2.78. The van der Waals surface area contributed by atoms with Crippen molar-refractivity contribution in [2.75, 3.05) is 40.5 Å². The van der Waals surface area contributed by atoms with E-state index in [-0.39, 0.29) is 23.3 Å². The standard InChI is InChI=1S/C16H24N2O5S/c1-22-11-9-17-16(19)13-4-3-10-18(12-13)24(20,21)15-7-5-14(23-2)6-8-15/h5-8,13H,3-4,9-12H2,1-2H3,(H,17,19)/t13-/m1/s1. The van der Waals surface area contributed by atoms with Crippen LogP contribution in [0.1, 0.15) is 12.8 Å². The van der Waals surface area contributed by atoms with Gasteiger partial charge in [0.15, 0.2) is 0 Å². The maximum atomic E-state index is 12.7. The minimum atomic E-state index is -3.61. The number of nitrogens with zero attached hydrogens (tertiary/aromatic N) is 1. The van der Waals surface area contributed by atoms with Crippen LogP contribution in [0.25, 0.3) is 0 Å². The smallest absolute Gasteiger partial charge is 0.243 e. The summed E-state index contributed by atoms with van der Waals surface area (Å²) in [6.45, 7) is 1.49. The van der Waals surface area contributed by atoms with E-state index in [1.807, 2.05) is 0 Å². The summed E-state index contributed by atoms with van der Waals surface area (Å²) < 4.78 is 36.8. The van der Waals surface area contributed by atoms with Gasteiger partial charge in [0, 0.05) is 26.7 Å². The third-order valence-corrected chi connectivity index (χ3v) is 5.94. The van der Waals surface area contributed by atoms with Gasteiger partial charge in [-0.25, -0.2) is 8.42 Å². The van der Waals surface area contributed by atoms with Crippen LogP contribution in [0.15, 0.2) is 29.2 Å². The second-order valence-electron chi connectivity index (χ2n) is 5.66. The number of hydrogen-bond acceptors (Lipinski definition) is 5. The minimum Gasteiger partial charge on any atom is -0.497 e. The van der Waals surface area contributed by atoms with E-state index in [9.17, 15) is 13.2 Å². The van der Waals surface area contributed by atoms with Gasteiger partial charge in [-0.3, -0.25) is 4.79 Å². The Hall–Kier alpha value is -1.64. The van der Waals surface area contributed by atoms with Crippen molar-refractivity contribution >= 4 is 15.9 Å². The summed E-state index contributed by atoms with van der Waals surface area (Å²) >= 11 is 0. The summed E-state index contributed by atoms with van der Waals surface area (Å²) in [6, 6.07) is 6.28. The normalized spacial score (nSPS) is 19.0. The van der Waals surface area contributed by atoms with Crippen LogP contribution in [0.5, 0.6) is 5.75 Å². The van der Waals surface area contributed by atoms with E-state index in [0.717, 1.165) is 0 Å². The van der Waals surface area contributed by atoms with Crippen LogP contribution in [0, 0.1) is 5.92 Å². The number of benzene rings is 1. The van der Waals surface area contributed by atoms with Crippen molar-refractivity contribution in [3.63, 3.8) is 0 Å². The highest BCUT2D eigenvalue weighted by Gasteiger charge is 2.33. The molecule has 8 heteroatoms. The quantitative estimate of drug-likeness (QED) is 0.733. The molecule has 0 bridgehead atoms. The van der Waals surface area contributed by atoms with Crippen LogP contribution >= 0.6 is 0 Å². The molecule has 0 aliphatic carbocycles. The van der Waals surface area contributed by atoms with E-state index in [1.165, 1.54) is 23.5 Å². The molecule has 0 aromatic heterocycles. The molecule has 1 amide bonds. The molecule has 1 atom stereocenters. The first-order chi connectivity index (χ1) is 11.5. The Balaban J connectivity index is 2.05. The molecule has 24 heavy (non-hydrogen) atoms. The molecule has 1 aromatic rings. The fraction of sp³-hybridized carbons (Fsp3) is 0.562. The molecule has 0 spiro atoms. The average Bonchev–Trinajstić information content (AvgIpc) is 2.62. The Labute approximate surface area is 143 Å². The number of sulfonamides is 1. The van der Waals surface area contributed by atoms with Gasteiger partial charge in [0.25, 0.3) is 0 Å². The monoisotopic (exact) mass is 356 g/mol. The molecule has 1 aliphatic heterocycles. The van der Waals surface area contributed by atoms with Crippen LogP contribution in [0.4, 0.5) is 0 Å². The highest BCUT2D eigenvalue weighted by molar-refractivity contribution is 7.89. The lowest BCUT2D eigenvalue weighted by molar-refractivity contribution is -0.126. The van der Waals surface area contributed by atoms with Crippen LogP contribution in [0.2, 0.25) is 0 Å². The Morgan fingerprint density at radius 2 is 2.00 bits per heavy atom. The molecule has 1 N–H and O–H groups in total. The van der Waals surface area contributed by atoms with Gasteiger partial charge in [0.05, 0.1) is 24.5 Å². The Morgan fingerprint density at radius 3 is 2.62 bits per heavy atom. The molecule has 1 aliphatic rings. The predicted octanol–water partition coefficient (Wildman–Crippen LogP) is 0.859. The Kier molecular flexibility index (Phi) is 6.59. The molecule has 0 radical (unpaired) electrons. The molecular weight excluding hydrogens is 332 g/mol. The van der Waals surface area contributed by atoms with E-state index in [1.54, 1.807) is 19.2 Å². The number of rotatable bonds is 7. The maximum absolute atomic E-state index is 12.7. The molecule has 1 heterocycles. The number of carbonyl (C=O) groups is 1. The number of piperidine rings is 1. The number of carbonyl (C=O) groups excluding carboxylic acids is 1. The summed E-state index contributed by atoms with van der Waals surface area (Å²) in [7, 11) is -0.511. The van der Waals surface area contributed by atoms with Gasteiger partial charge in [0.1, 0.15) is 5.75 Å². The number of ether oxygens (including phenoxy) is 2. The SMILES string of the molecule is COCCNC(=O)[C@@H]1CCCN(S(=O)(=O)c2ccc(OC)cc2)C1. The number of nitrogens with one attached hydrogen (secondary N) is 1. The summed E-state index contributed by atoms with van der Waals surface area (Å²) in [5.74, 6) is 0.147. The van der Waals surface area contributed by atoms with E-state index in [4.69, 9.17) is 9.47 Å². The second kappa shape index (κ2) is 8.46. The molecule has 1 aromatic carbocycles. The fourth-order valence-electron chi connectivity index (χ4n) is 2.69. The number of amides is 1. The van der Waals surface area contributed by atoms with Gasteiger partial charge >= 0.3 is 0 Å². The number of hydrogen-bond donors (Lipinski definition) is 1. The average molecular weight is 356 g/mol. The molecule has 134 valence electrons. The molecule has 0 unspecified atom stereocenters. The van der Waals surface area contributed by atoms with E-state index >= 15 is 0 Å². The molecule has 0 saturated carbocycles. The Bertz CT molecular complexity index is 645. The number of methoxy groups -OCH3 is 2. The fourth-order valence-corrected chi connectivity index (χ4v) is 4.22. The van der Waals surface area contributed by atoms with Gasteiger partial charge in [-0.1, -0.05) is 0 Å². The topological polar surface area (TPSA) is 84.9 Å². The lowest BCUT2D eigenvalue weighted by atomic mass is 9.99. The zero-order valence-corrected chi connectivity index (χ0v) is 14.8. The first-order valence-corrected chi connectivity index (χ1v) is 9.34. The van der Waals surface area contributed by atoms with Crippen molar-refractivity contribution in [2.24, 2.45) is 5.92 Å². The predicted molar refractivity (Wildman–Crippen MR) is 89.4 cm³/mol. The molecular formula is C16H24N2O5S. The highest BCUT2D eigenvalue weighted by Crippen LogP contribution is 2.25. The van der Waals surface area contributed by atoms with Gasteiger partial charge in [-0.15, -0.1) is 0 Å². The van der Waals surface area contributed by atoms with Crippen molar-refractivity contribution in [3.05, 3.63) is 24.3 Å². The van der Waals surface area contributed by atoms with Crippen LogP contribution < -0.4 is 10.1 Å². The van der Waals surface area contributed by atoms with E-state index < -0.39 is 10.0 Å². The van der Waals surface area contributed by atoms with Gasteiger partial charge in [0.2, 0.25) is 15.9 Å². The van der Waals surface area contributed by atoms with Crippen LogP contribution in [0.3, 0.4) is 0 Å². The van der Waals surface area contributed by atoms with Crippen molar-refractivity contribution in [1.82, 2.24) is 9.62 Å². The zero-order valence-electron chi connectivity index (χ0n) is 14.0. The molecule has 2 rings (SSSR count). The largest absolute Gasteiger partial charge is 0.497 e. The van der Waals surface area contributed by atoms with Crippen LogP contribution in [-0.4, -0.2) is 59.1 Å². The zero-order chi connectivity index (χ0) is 17.6. The second-order valence-corrected chi connectivity index (χ2v) is 7.60. The maximum Gasteiger partial charge on any atom is 0.243 e. The van der Waals surface area contributed by atoms with Crippen molar-refractivity contribution < 1.29 is 22.7 Å². The van der Waals surface area contributed by atoms with E-state index in [0.29, 0.717) is 38.3 Å². The van der Waals surface area contributed by atoms with E-state index in [2.05, 4.69) is 5.32 Å². The minimum absolute atomic E-state index is 0.123. The van der Waals surface area contributed by atoms with Crippen molar-refractivity contribution in [1.29, 1.82) is 0 Å². The first-order valence-electron chi connectivity index (χ1n) is 7.90. The lowest BCUT2D eigenvalue weighted by Crippen LogP contribution is -2.45. The van der Waals surface area contributed by atoms with Gasteiger partial charge in [-0.05, 0) is 37.1 Å². The Morgan fingerprint density at radius 1 is 1.29 bits per heavy atom. The summed E-state index contributed by atoms with van der Waals surface area (Å²) in [6.07, 6.45) is 1.35. The van der Waals surface area contributed by atoms with Crippen LogP contribution in [-0.2, 0) is 19.6 Å². The van der Waals surface area contributed by atoms with Crippen molar-refractivity contribution in [2.45, 2.75) is 17.7 Å². The molecule has 1 fully saturated rings. The molecule has 1 saturated heterocycles. The summed E-state index contributed by atoms with van der Waals surface area (Å²) in [5.41, 5.74) is 0. The third-order valence-electron chi connectivity index (χ3n) is 4.06.